The Balaban J connectivity index is 1.00. The number of anilines is 3. The average Bonchev–Trinajstić information content (AvgIpc) is 3.72. The molecule has 60 heavy (non-hydrogen) atoms. The molecule has 11 aromatic rings. The van der Waals surface area contributed by atoms with Crippen LogP contribution in [0.1, 0.15) is 0 Å². The summed E-state index contributed by atoms with van der Waals surface area (Å²) in [6, 6.07) is 78.0. The summed E-state index contributed by atoms with van der Waals surface area (Å²) in [7, 11) is 0. The van der Waals surface area contributed by atoms with E-state index in [9.17, 15) is 0 Å². The predicted molar refractivity (Wildman–Crippen MR) is 251 cm³/mol. The van der Waals surface area contributed by atoms with Crippen molar-refractivity contribution in [3.8, 4) is 55.6 Å². The summed E-state index contributed by atoms with van der Waals surface area (Å²) in [6.07, 6.45) is 3.72. The van der Waals surface area contributed by atoms with Crippen LogP contribution >= 0.6 is 0 Å². The second-order valence-corrected chi connectivity index (χ2v) is 15.2. The van der Waals surface area contributed by atoms with E-state index in [-0.39, 0.29) is 0 Å². The SMILES string of the molecule is c1ccc(-c2ccc(N(c3ccc(-c4cccc(-c5cccc6c5oc5c(-c7ccccc7)cccc56)c4)cc3)c3cc(-c4ccncc4)cc4ccccc34)cc2)cc1. The van der Waals surface area contributed by atoms with Crippen molar-refractivity contribution in [1.29, 1.82) is 0 Å². The van der Waals surface area contributed by atoms with Gasteiger partial charge in [0.25, 0.3) is 0 Å². The van der Waals surface area contributed by atoms with Gasteiger partial charge in [-0.25, -0.2) is 0 Å². The lowest BCUT2D eigenvalue weighted by atomic mass is 9.96. The Hall–Kier alpha value is -8.01. The van der Waals surface area contributed by atoms with Crippen molar-refractivity contribution in [3.05, 3.63) is 231 Å². The molecule has 0 spiro atoms. The summed E-state index contributed by atoms with van der Waals surface area (Å²) >= 11 is 0. The van der Waals surface area contributed by atoms with Crippen LogP contribution in [0.4, 0.5) is 17.1 Å². The van der Waals surface area contributed by atoms with E-state index in [1.54, 1.807) is 0 Å². The van der Waals surface area contributed by atoms with E-state index >= 15 is 0 Å². The van der Waals surface area contributed by atoms with Gasteiger partial charge in [-0.1, -0.05) is 164 Å². The Morgan fingerprint density at radius 3 is 1.47 bits per heavy atom. The number of nitrogens with zero attached hydrogens (tertiary/aromatic N) is 2. The molecule has 0 saturated heterocycles. The van der Waals surface area contributed by atoms with Crippen molar-refractivity contribution in [2.24, 2.45) is 0 Å². The van der Waals surface area contributed by atoms with Crippen LogP contribution in [0, 0.1) is 0 Å². The zero-order valence-corrected chi connectivity index (χ0v) is 32.7. The molecule has 0 bridgehead atoms. The average molecular weight is 767 g/mol. The van der Waals surface area contributed by atoms with Crippen LogP contribution in [0.15, 0.2) is 235 Å². The summed E-state index contributed by atoms with van der Waals surface area (Å²) in [6.45, 7) is 0. The molecule has 0 unspecified atom stereocenters. The Bertz CT molecular complexity index is 3280. The summed E-state index contributed by atoms with van der Waals surface area (Å²) in [5, 5.41) is 4.59. The van der Waals surface area contributed by atoms with Gasteiger partial charge in [0.15, 0.2) is 0 Å². The van der Waals surface area contributed by atoms with Crippen molar-refractivity contribution in [2.75, 3.05) is 4.90 Å². The first-order chi connectivity index (χ1) is 29.7. The zero-order chi connectivity index (χ0) is 39.8. The molecule has 3 nitrogen and oxygen atoms in total. The Morgan fingerprint density at radius 1 is 0.317 bits per heavy atom. The van der Waals surface area contributed by atoms with Crippen LogP contribution in [0.5, 0.6) is 0 Å². The van der Waals surface area contributed by atoms with E-state index in [0.717, 1.165) is 83.5 Å². The predicted octanol–water partition coefficient (Wildman–Crippen LogP) is 15.9. The second-order valence-electron chi connectivity index (χ2n) is 15.2. The molecule has 0 saturated carbocycles. The highest BCUT2D eigenvalue weighted by Gasteiger charge is 2.19. The standard InChI is InChI=1S/C57H38N2O/c1-3-12-39(13-4-1)40-24-28-48(29-25-40)59(55-38-47(42-32-34-58-35-33-42)37-45-16-7-8-19-50(45)55)49-30-26-41(27-31-49)44-17-9-18-46(36-44)52-21-11-23-54-53-22-10-20-51(56(53)60-57(52)54)43-14-5-2-6-15-43/h1-38H. The molecule has 0 amide bonds. The van der Waals surface area contributed by atoms with Crippen LogP contribution in [-0.2, 0) is 0 Å². The normalized spacial score (nSPS) is 11.3. The Kier molecular flexibility index (Phi) is 8.83. The third-order valence-electron chi connectivity index (χ3n) is 11.6. The number of pyridine rings is 1. The third kappa shape index (κ3) is 6.39. The maximum absolute atomic E-state index is 6.79. The van der Waals surface area contributed by atoms with E-state index in [4.69, 9.17) is 4.42 Å². The number of rotatable bonds is 8. The van der Waals surface area contributed by atoms with E-state index < -0.39 is 0 Å². The Labute approximate surface area is 349 Å². The molecule has 0 aliphatic heterocycles. The molecule has 3 heteroatoms. The van der Waals surface area contributed by atoms with E-state index in [2.05, 4.69) is 222 Å². The summed E-state index contributed by atoms with van der Waals surface area (Å²) in [4.78, 5) is 6.68. The van der Waals surface area contributed by atoms with Gasteiger partial charge in [-0.3, -0.25) is 4.98 Å². The fraction of sp³-hybridized carbons (Fsp3) is 0. The van der Waals surface area contributed by atoms with Gasteiger partial charge in [-0.15, -0.1) is 0 Å². The number of hydrogen-bond donors (Lipinski definition) is 0. The first-order valence-corrected chi connectivity index (χ1v) is 20.3. The minimum Gasteiger partial charge on any atom is -0.455 e. The fourth-order valence-corrected chi connectivity index (χ4v) is 8.61. The molecule has 9 aromatic carbocycles. The van der Waals surface area contributed by atoms with Gasteiger partial charge in [0.1, 0.15) is 11.2 Å². The molecular weight excluding hydrogens is 729 g/mol. The van der Waals surface area contributed by atoms with E-state index in [1.807, 2.05) is 18.5 Å². The molecule has 282 valence electrons. The molecule has 0 N–H and O–H groups in total. The Morgan fingerprint density at radius 2 is 0.800 bits per heavy atom. The second kappa shape index (κ2) is 15.1. The van der Waals surface area contributed by atoms with Gasteiger partial charge in [0.2, 0.25) is 0 Å². The molecule has 0 aliphatic rings. The van der Waals surface area contributed by atoms with Gasteiger partial charge in [-0.05, 0) is 104 Å². The van der Waals surface area contributed by atoms with Crippen LogP contribution in [-0.4, -0.2) is 4.98 Å². The number of para-hydroxylation sites is 2. The number of hydrogen-bond acceptors (Lipinski definition) is 3. The summed E-state index contributed by atoms with van der Waals surface area (Å²) < 4.78 is 6.79. The van der Waals surface area contributed by atoms with E-state index in [0.29, 0.717) is 0 Å². The van der Waals surface area contributed by atoms with Crippen LogP contribution in [0.25, 0.3) is 88.3 Å². The van der Waals surface area contributed by atoms with E-state index in [1.165, 1.54) is 21.9 Å². The minimum atomic E-state index is 0.901. The third-order valence-corrected chi connectivity index (χ3v) is 11.6. The van der Waals surface area contributed by atoms with Gasteiger partial charge in [0, 0.05) is 51.1 Å². The highest BCUT2D eigenvalue weighted by atomic mass is 16.3. The number of fused-ring (bicyclic) bond motifs is 4. The quantitative estimate of drug-likeness (QED) is 0.154. The van der Waals surface area contributed by atoms with Crippen molar-refractivity contribution < 1.29 is 4.42 Å². The number of furan rings is 1. The smallest absolute Gasteiger partial charge is 0.143 e. The summed E-state index contributed by atoms with van der Waals surface area (Å²) in [5.74, 6) is 0. The first kappa shape index (κ1) is 35.2. The lowest BCUT2D eigenvalue weighted by Crippen LogP contribution is -2.10. The lowest BCUT2D eigenvalue weighted by Gasteiger charge is -2.28. The molecule has 2 heterocycles. The van der Waals surface area contributed by atoms with Crippen molar-refractivity contribution in [1.82, 2.24) is 4.98 Å². The van der Waals surface area contributed by atoms with Gasteiger partial charge in [-0.2, -0.15) is 0 Å². The highest BCUT2D eigenvalue weighted by molar-refractivity contribution is 6.13. The molecule has 0 atom stereocenters. The zero-order valence-electron chi connectivity index (χ0n) is 32.7. The minimum absolute atomic E-state index is 0.901. The molecule has 11 rings (SSSR count). The lowest BCUT2D eigenvalue weighted by molar-refractivity contribution is 0.671. The van der Waals surface area contributed by atoms with Crippen LogP contribution < -0.4 is 4.90 Å². The van der Waals surface area contributed by atoms with Crippen molar-refractivity contribution in [3.63, 3.8) is 0 Å². The van der Waals surface area contributed by atoms with Gasteiger partial charge in [0.05, 0.1) is 5.69 Å². The number of benzene rings is 9. The highest BCUT2D eigenvalue weighted by Crippen LogP contribution is 2.44. The van der Waals surface area contributed by atoms with Crippen molar-refractivity contribution >= 4 is 49.8 Å². The molecule has 0 aliphatic carbocycles. The van der Waals surface area contributed by atoms with Gasteiger partial charge < -0.3 is 9.32 Å². The molecular formula is C57H38N2O. The monoisotopic (exact) mass is 766 g/mol. The summed E-state index contributed by atoms with van der Waals surface area (Å²) in [5.41, 5.74) is 16.4. The van der Waals surface area contributed by atoms with Crippen molar-refractivity contribution in [2.45, 2.75) is 0 Å². The molecule has 0 radical (unpaired) electrons. The van der Waals surface area contributed by atoms with Crippen LogP contribution in [0.3, 0.4) is 0 Å². The first-order valence-electron chi connectivity index (χ1n) is 20.3. The fourth-order valence-electron chi connectivity index (χ4n) is 8.61. The van der Waals surface area contributed by atoms with Gasteiger partial charge >= 0.3 is 0 Å². The largest absolute Gasteiger partial charge is 0.455 e. The maximum atomic E-state index is 6.79. The van der Waals surface area contributed by atoms with Crippen LogP contribution in [0.2, 0.25) is 0 Å². The topological polar surface area (TPSA) is 29.3 Å². The molecule has 0 fully saturated rings. The maximum Gasteiger partial charge on any atom is 0.143 e. The molecule has 2 aromatic heterocycles. The number of aromatic nitrogens is 1.